The van der Waals surface area contributed by atoms with Crippen LogP contribution in [0.5, 0.6) is 0 Å². The van der Waals surface area contributed by atoms with E-state index >= 15 is 0 Å². The van der Waals surface area contributed by atoms with Crippen molar-refractivity contribution in [1.82, 2.24) is 0 Å². The maximum absolute atomic E-state index is 3.83. The molecule has 8 heavy (non-hydrogen) atoms. The summed E-state index contributed by atoms with van der Waals surface area (Å²) in [6.45, 7) is 4.07. The maximum Gasteiger partial charge on any atom is 0.0350 e. The second-order valence-electron chi connectivity index (χ2n) is 1.74. The number of halogens is 1. The summed E-state index contributed by atoms with van der Waals surface area (Å²) in [5, 5.41) is 0. The highest BCUT2D eigenvalue weighted by molar-refractivity contribution is 9.12. The molecule has 0 aliphatic rings. The molecule has 0 spiro atoms. The van der Waals surface area contributed by atoms with Crippen molar-refractivity contribution >= 4 is 22.1 Å². The fraction of sp³-hybridized carbons (Fsp3) is 0.500. The van der Waals surface area contributed by atoms with Crippen molar-refractivity contribution in [3.05, 3.63) is 10.1 Å². The van der Waals surface area contributed by atoms with Crippen LogP contribution in [0, 0.1) is 0 Å². The topological polar surface area (TPSA) is 12.4 Å². The lowest BCUT2D eigenvalue weighted by Crippen LogP contribution is -1.75. The molecule has 0 saturated heterocycles. The molecule has 1 nitrogen and oxygen atoms in total. The molecule has 0 aromatic rings. The third-order valence-corrected chi connectivity index (χ3v) is 1.72. The van der Waals surface area contributed by atoms with Gasteiger partial charge in [0.15, 0.2) is 0 Å². The van der Waals surface area contributed by atoms with E-state index in [9.17, 15) is 0 Å². The van der Waals surface area contributed by atoms with Gasteiger partial charge in [0.1, 0.15) is 0 Å². The van der Waals surface area contributed by atoms with Gasteiger partial charge in [-0.3, -0.25) is 4.99 Å². The first-order chi connectivity index (χ1) is 3.68. The van der Waals surface area contributed by atoms with E-state index in [0.717, 1.165) is 4.48 Å². The van der Waals surface area contributed by atoms with Gasteiger partial charge >= 0.3 is 0 Å². The Morgan fingerprint density at radius 3 is 2.12 bits per heavy atom. The molecule has 0 aliphatic carbocycles. The number of hydrogen-bond acceptors (Lipinski definition) is 1. The van der Waals surface area contributed by atoms with Crippen LogP contribution >= 0.6 is 15.9 Å². The van der Waals surface area contributed by atoms with E-state index in [4.69, 9.17) is 0 Å². The molecule has 0 N–H and O–H groups in total. The predicted molar refractivity (Wildman–Crippen MR) is 41.7 cm³/mol. The maximum atomic E-state index is 3.83. The summed E-state index contributed by atoms with van der Waals surface area (Å²) in [4.78, 5) is 3.83. The lowest BCUT2D eigenvalue weighted by Gasteiger charge is -1.88. The number of rotatable bonds is 1. The Kier molecular flexibility index (Phi) is 3.79. The Morgan fingerprint density at radius 2 is 2.00 bits per heavy atom. The van der Waals surface area contributed by atoms with Crippen molar-refractivity contribution in [3.8, 4) is 0 Å². The Balaban J connectivity index is 4.00. The smallest absolute Gasteiger partial charge is 0.0350 e. The van der Waals surface area contributed by atoms with Gasteiger partial charge in [-0.25, -0.2) is 0 Å². The SMILES string of the molecule is CN=CC(Br)=C(C)C. The lowest BCUT2D eigenvalue weighted by atomic mass is 10.3. The van der Waals surface area contributed by atoms with Crippen molar-refractivity contribution in [3.63, 3.8) is 0 Å². The van der Waals surface area contributed by atoms with Gasteiger partial charge in [-0.15, -0.1) is 0 Å². The van der Waals surface area contributed by atoms with Crippen LogP contribution in [-0.4, -0.2) is 13.3 Å². The molecule has 2 heteroatoms. The fourth-order valence-corrected chi connectivity index (χ4v) is 0.447. The van der Waals surface area contributed by atoms with Gasteiger partial charge < -0.3 is 0 Å². The first kappa shape index (κ1) is 7.89. The summed E-state index contributed by atoms with van der Waals surface area (Å²) in [7, 11) is 1.75. The molecule has 0 saturated carbocycles. The molecular formula is C6H10BrN. The van der Waals surface area contributed by atoms with E-state index < -0.39 is 0 Å². The molecule has 0 radical (unpaired) electrons. The van der Waals surface area contributed by atoms with E-state index in [2.05, 4.69) is 20.9 Å². The summed E-state index contributed by atoms with van der Waals surface area (Å²) < 4.78 is 1.07. The zero-order valence-corrected chi connectivity index (χ0v) is 6.99. The standard InChI is InChI=1S/C6H10BrN/c1-5(2)6(7)4-8-3/h4H,1-3H3. The minimum atomic E-state index is 1.07. The van der Waals surface area contributed by atoms with Crippen molar-refractivity contribution in [1.29, 1.82) is 0 Å². The van der Waals surface area contributed by atoms with Crippen LogP contribution in [0.4, 0.5) is 0 Å². The molecular weight excluding hydrogens is 166 g/mol. The first-order valence-corrected chi connectivity index (χ1v) is 3.23. The Hall–Kier alpha value is -0.110. The van der Waals surface area contributed by atoms with Crippen LogP contribution in [0.1, 0.15) is 13.8 Å². The van der Waals surface area contributed by atoms with E-state index in [1.54, 1.807) is 13.3 Å². The minimum absolute atomic E-state index is 1.07. The van der Waals surface area contributed by atoms with Crippen LogP contribution in [0.15, 0.2) is 15.0 Å². The normalized spacial score (nSPS) is 10.0. The van der Waals surface area contributed by atoms with Crippen LogP contribution < -0.4 is 0 Å². The number of nitrogens with zero attached hydrogens (tertiary/aromatic N) is 1. The molecule has 0 aromatic heterocycles. The Morgan fingerprint density at radius 1 is 1.50 bits per heavy atom. The first-order valence-electron chi connectivity index (χ1n) is 2.43. The third-order valence-electron chi connectivity index (χ3n) is 0.720. The van der Waals surface area contributed by atoms with Crippen LogP contribution in [-0.2, 0) is 0 Å². The second kappa shape index (κ2) is 3.84. The molecule has 0 atom stereocenters. The van der Waals surface area contributed by atoms with Gasteiger partial charge in [0.05, 0.1) is 0 Å². The average molecular weight is 176 g/mol. The van der Waals surface area contributed by atoms with E-state index in [-0.39, 0.29) is 0 Å². The van der Waals surface area contributed by atoms with Crippen LogP contribution in [0.2, 0.25) is 0 Å². The summed E-state index contributed by atoms with van der Waals surface area (Å²) in [6.07, 6.45) is 1.79. The van der Waals surface area contributed by atoms with Crippen LogP contribution in [0.25, 0.3) is 0 Å². The highest BCUT2D eigenvalue weighted by Gasteiger charge is 1.84. The highest BCUT2D eigenvalue weighted by Crippen LogP contribution is 2.06. The quantitative estimate of drug-likeness (QED) is 0.544. The van der Waals surface area contributed by atoms with Crippen molar-refractivity contribution in [2.45, 2.75) is 13.8 Å². The zero-order chi connectivity index (χ0) is 6.57. The summed E-state index contributed by atoms with van der Waals surface area (Å²) in [5.74, 6) is 0. The van der Waals surface area contributed by atoms with Crippen molar-refractivity contribution in [2.75, 3.05) is 7.05 Å². The van der Waals surface area contributed by atoms with Gasteiger partial charge in [-0.1, -0.05) is 5.57 Å². The van der Waals surface area contributed by atoms with Crippen LogP contribution in [0.3, 0.4) is 0 Å². The summed E-state index contributed by atoms with van der Waals surface area (Å²) in [6, 6.07) is 0. The zero-order valence-electron chi connectivity index (χ0n) is 5.40. The van der Waals surface area contributed by atoms with E-state index in [0.29, 0.717) is 0 Å². The Bertz CT molecular complexity index is 120. The lowest BCUT2D eigenvalue weighted by molar-refractivity contribution is 1.39. The van der Waals surface area contributed by atoms with E-state index in [1.807, 2.05) is 13.8 Å². The largest absolute Gasteiger partial charge is 0.295 e. The molecule has 0 aromatic carbocycles. The van der Waals surface area contributed by atoms with Gasteiger partial charge in [0, 0.05) is 17.7 Å². The monoisotopic (exact) mass is 175 g/mol. The summed E-state index contributed by atoms with van der Waals surface area (Å²) >= 11 is 3.33. The molecule has 0 fully saturated rings. The summed E-state index contributed by atoms with van der Waals surface area (Å²) in [5.41, 5.74) is 1.25. The third kappa shape index (κ3) is 2.97. The van der Waals surface area contributed by atoms with Gasteiger partial charge in [-0.05, 0) is 29.8 Å². The Labute approximate surface area is 58.6 Å². The molecule has 0 bridgehead atoms. The average Bonchev–Trinajstić information content (AvgIpc) is 1.67. The van der Waals surface area contributed by atoms with E-state index in [1.165, 1.54) is 5.57 Å². The minimum Gasteiger partial charge on any atom is -0.295 e. The molecule has 0 amide bonds. The van der Waals surface area contributed by atoms with Gasteiger partial charge in [0.2, 0.25) is 0 Å². The molecule has 46 valence electrons. The number of hydrogen-bond donors (Lipinski definition) is 0. The predicted octanol–water partition coefficient (Wildman–Crippen LogP) is 2.38. The molecule has 0 rings (SSSR count). The van der Waals surface area contributed by atoms with Crippen molar-refractivity contribution < 1.29 is 0 Å². The van der Waals surface area contributed by atoms with Crippen molar-refractivity contribution in [2.24, 2.45) is 4.99 Å². The number of allylic oxidation sites excluding steroid dienone is 2. The number of aliphatic imine (C=N–C) groups is 1. The highest BCUT2D eigenvalue weighted by atomic mass is 79.9. The molecule has 0 unspecified atom stereocenters. The van der Waals surface area contributed by atoms with Gasteiger partial charge in [0.25, 0.3) is 0 Å². The molecule has 0 aliphatic heterocycles. The van der Waals surface area contributed by atoms with Gasteiger partial charge in [-0.2, -0.15) is 0 Å². The fourth-order valence-electron chi connectivity index (χ4n) is 0.242. The second-order valence-corrected chi connectivity index (χ2v) is 2.59. The molecule has 0 heterocycles.